The summed E-state index contributed by atoms with van der Waals surface area (Å²) in [5, 5.41) is 0. The molecule has 0 radical (unpaired) electrons. The highest BCUT2D eigenvalue weighted by molar-refractivity contribution is 9.10. The minimum absolute atomic E-state index is 0.230. The lowest BCUT2D eigenvalue weighted by molar-refractivity contribution is -0.322. The zero-order valence-corrected chi connectivity index (χ0v) is 14.6. The van der Waals surface area contributed by atoms with Crippen molar-refractivity contribution < 1.29 is 33.3 Å². The highest BCUT2D eigenvalue weighted by Gasteiger charge is 2.61. The second kappa shape index (κ2) is 5.99. The van der Waals surface area contributed by atoms with Crippen molar-refractivity contribution >= 4 is 27.9 Å². The second-order valence-corrected chi connectivity index (χ2v) is 5.75. The molecule has 1 aromatic rings. The van der Waals surface area contributed by atoms with Crippen LogP contribution < -0.4 is 15.2 Å². The van der Waals surface area contributed by atoms with Gasteiger partial charge in [-0.05, 0) is 35.0 Å². The van der Waals surface area contributed by atoms with Crippen LogP contribution >= 0.6 is 15.9 Å². The number of ether oxygens (including phenoxy) is 5. The summed E-state index contributed by atoms with van der Waals surface area (Å²) in [4.78, 5) is 23.2. The van der Waals surface area contributed by atoms with Crippen LogP contribution in [0.4, 0.5) is 0 Å². The van der Waals surface area contributed by atoms with Gasteiger partial charge in [0.1, 0.15) is 11.5 Å². The van der Waals surface area contributed by atoms with Crippen LogP contribution in [0.25, 0.3) is 0 Å². The number of hydrogen-bond acceptors (Lipinski definition) is 8. The Morgan fingerprint density at radius 1 is 1.04 bits per heavy atom. The van der Waals surface area contributed by atoms with Gasteiger partial charge in [0.15, 0.2) is 0 Å². The van der Waals surface area contributed by atoms with E-state index in [0.29, 0.717) is 16.0 Å². The van der Waals surface area contributed by atoms with Gasteiger partial charge < -0.3 is 23.7 Å². The first-order valence-corrected chi connectivity index (χ1v) is 7.24. The molecule has 1 heterocycles. The van der Waals surface area contributed by atoms with Gasteiger partial charge >= 0.3 is 11.9 Å². The molecule has 1 aliphatic heterocycles. The molecular weight excluding hydrogens is 374 g/mol. The zero-order chi connectivity index (χ0) is 17.4. The van der Waals surface area contributed by atoms with Crippen LogP contribution in [0.5, 0.6) is 11.5 Å². The molecule has 2 N–H and O–H groups in total. The maximum absolute atomic E-state index is 11.7. The van der Waals surface area contributed by atoms with Crippen molar-refractivity contribution in [3.63, 3.8) is 0 Å². The van der Waals surface area contributed by atoms with E-state index in [1.54, 1.807) is 6.07 Å². The van der Waals surface area contributed by atoms with Gasteiger partial charge in [-0.25, -0.2) is 9.59 Å². The maximum Gasteiger partial charge on any atom is 0.420 e. The van der Waals surface area contributed by atoms with Gasteiger partial charge in [0.05, 0.1) is 24.3 Å². The number of nitrogens with two attached hydrogens (primary N) is 1. The van der Waals surface area contributed by atoms with Crippen LogP contribution in [0.15, 0.2) is 16.6 Å². The van der Waals surface area contributed by atoms with Gasteiger partial charge in [-0.2, -0.15) is 0 Å². The Morgan fingerprint density at radius 2 is 1.61 bits per heavy atom. The van der Waals surface area contributed by atoms with E-state index in [-0.39, 0.29) is 5.56 Å². The average Bonchev–Trinajstić information content (AvgIpc) is 2.50. The summed E-state index contributed by atoms with van der Waals surface area (Å²) < 4.78 is 26.7. The molecule has 1 aliphatic rings. The number of rotatable bonds is 4. The first-order valence-electron chi connectivity index (χ1n) is 6.44. The van der Waals surface area contributed by atoms with Crippen molar-refractivity contribution in [2.45, 2.75) is 18.4 Å². The summed E-state index contributed by atoms with van der Waals surface area (Å²) >= 11 is 3.33. The summed E-state index contributed by atoms with van der Waals surface area (Å²) in [7, 11) is 4.15. The smallest absolute Gasteiger partial charge is 0.420 e. The third-order valence-electron chi connectivity index (χ3n) is 3.48. The summed E-state index contributed by atoms with van der Waals surface area (Å²) in [6.07, 6.45) is 0. The number of carbonyl (C=O) groups excluding carboxylic acids is 2. The van der Waals surface area contributed by atoms with E-state index in [0.717, 1.165) is 0 Å². The van der Waals surface area contributed by atoms with E-state index in [9.17, 15) is 9.59 Å². The van der Waals surface area contributed by atoms with E-state index in [1.807, 2.05) is 0 Å². The standard InChI is InChI=1S/C14H16BrNO7/c1-13(16)14(21-4,23-12(18)11(17)22-13)7-5-10(20-3)8(15)6-9(7)19-2/h5-6H,16H2,1-4H3/t13-,14+/m1/s1. The largest absolute Gasteiger partial charge is 0.496 e. The van der Waals surface area contributed by atoms with E-state index in [4.69, 9.17) is 29.4 Å². The lowest BCUT2D eigenvalue weighted by atomic mass is 9.93. The Balaban J connectivity index is 2.73. The Labute approximate surface area is 140 Å². The number of benzene rings is 1. The van der Waals surface area contributed by atoms with Gasteiger partial charge in [0, 0.05) is 7.11 Å². The third-order valence-corrected chi connectivity index (χ3v) is 4.10. The van der Waals surface area contributed by atoms with Crippen LogP contribution in [0.1, 0.15) is 12.5 Å². The fraction of sp³-hybridized carbons (Fsp3) is 0.429. The van der Waals surface area contributed by atoms with Crippen molar-refractivity contribution in [2.24, 2.45) is 5.73 Å². The molecule has 0 aromatic heterocycles. The van der Waals surface area contributed by atoms with Gasteiger partial charge in [0.25, 0.3) is 5.79 Å². The molecule has 0 aliphatic carbocycles. The Bertz CT molecular complexity index is 661. The van der Waals surface area contributed by atoms with E-state index in [2.05, 4.69) is 15.9 Å². The van der Waals surface area contributed by atoms with E-state index < -0.39 is 23.5 Å². The number of esters is 2. The minimum Gasteiger partial charge on any atom is -0.496 e. The normalized spacial score (nSPS) is 27.2. The van der Waals surface area contributed by atoms with Gasteiger partial charge in [-0.15, -0.1) is 0 Å². The number of carbonyl (C=O) groups is 2. The first-order chi connectivity index (χ1) is 10.7. The molecule has 2 atom stereocenters. The average molecular weight is 390 g/mol. The molecule has 1 fully saturated rings. The molecule has 0 spiro atoms. The fourth-order valence-corrected chi connectivity index (χ4v) is 2.85. The molecule has 126 valence electrons. The minimum atomic E-state index is -1.91. The highest BCUT2D eigenvalue weighted by Crippen LogP contribution is 2.46. The molecule has 0 amide bonds. The van der Waals surface area contributed by atoms with E-state index in [1.165, 1.54) is 34.3 Å². The van der Waals surface area contributed by atoms with Gasteiger partial charge in [-0.3, -0.25) is 5.73 Å². The zero-order valence-electron chi connectivity index (χ0n) is 13.0. The van der Waals surface area contributed by atoms with Crippen molar-refractivity contribution in [3.8, 4) is 11.5 Å². The monoisotopic (exact) mass is 389 g/mol. The summed E-state index contributed by atoms with van der Waals surface area (Å²) in [5.41, 5.74) is 4.49. The first kappa shape index (κ1) is 17.5. The van der Waals surface area contributed by atoms with Crippen LogP contribution in [-0.2, 0) is 29.6 Å². The Morgan fingerprint density at radius 3 is 2.13 bits per heavy atom. The molecular formula is C14H16BrNO7. The molecule has 0 unspecified atom stereocenters. The number of methoxy groups -OCH3 is 3. The molecule has 1 saturated heterocycles. The molecule has 0 saturated carbocycles. The van der Waals surface area contributed by atoms with Crippen molar-refractivity contribution in [3.05, 3.63) is 22.2 Å². The Kier molecular flexibility index (Phi) is 4.56. The predicted octanol–water partition coefficient (Wildman–Crippen LogP) is 1.04. The quantitative estimate of drug-likeness (QED) is 0.601. The van der Waals surface area contributed by atoms with Crippen molar-refractivity contribution in [2.75, 3.05) is 21.3 Å². The van der Waals surface area contributed by atoms with Crippen molar-refractivity contribution in [1.29, 1.82) is 0 Å². The summed E-state index contributed by atoms with van der Waals surface area (Å²) in [5.74, 6) is -3.62. The molecule has 8 nitrogen and oxygen atoms in total. The SMILES string of the molecule is COc1cc([C@]2(OC)OC(=O)C(=O)O[C@@]2(C)N)c(OC)cc1Br. The highest BCUT2D eigenvalue weighted by atomic mass is 79.9. The number of hydrogen-bond donors (Lipinski definition) is 1. The Hall–Kier alpha value is -1.84. The van der Waals surface area contributed by atoms with Gasteiger partial charge in [-0.1, -0.05) is 0 Å². The predicted molar refractivity (Wildman–Crippen MR) is 80.7 cm³/mol. The topological polar surface area (TPSA) is 106 Å². The van der Waals surface area contributed by atoms with Crippen LogP contribution in [0.3, 0.4) is 0 Å². The number of cyclic esters (lactones) is 2. The summed E-state index contributed by atoms with van der Waals surface area (Å²) in [6, 6.07) is 3.11. The lowest BCUT2D eigenvalue weighted by Crippen LogP contribution is -2.66. The molecule has 0 bridgehead atoms. The van der Waals surface area contributed by atoms with Crippen LogP contribution in [0.2, 0.25) is 0 Å². The molecule has 1 aromatic carbocycles. The maximum atomic E-state index is 11.7. The molecule has 2 rings (SSSR count). The van der Waals surface area contributed by atoms with Crippen LogP contribution in [-0.4, -0.2) is 39.0 Å². The molecule has 9 heteroatoms. The summed E-state index contributed by atoms with van der Waals surface area (Å²) in [6.45, 7) is 1.36. The third kappa shape index (κ3) is 2.64. The van der Waals surface area contributed by atoms with Gasteiger partial charge in [0.2, 0.25) is 5.72 Å². The van der Waals surface area contributed by atoms with Crippen LogP contribution in [0, 0.1) is 0 Å². The molecule has 23 heavy (non-hydrogen) atoms. The second-order valence-electron chi connectivity index (χ2n) is 4.89. The fourth-order valence-electron chi connectivity index (χ4n) is 2.37. The van der Waals surface area contributed by atoms with E-state index >= 15 is 0 Å². The lowest BCUT2D eigenvalue weighted by Gasteiger charge is -2.45. The van der Waals surface area contributed by atoms with Crippen molar-refractivity contribution in [1.82, 2.24) is 0 Å². The number of halogens is 1.